The number of nitrogen functional groups attached to an aromatic ring is 3. The molecule has 0 radical (unpaired) electrons. The van der Waals surface area contributed by atoms with Crippen LogP contribution in [-0.4, -0.2) is 29.5 Å². The average molecular weight is 288 g/mol. The maximum absolute atomic E-state index is 9.46. The molecule has 0 aromatic heterocycles. The van der Waals surface area contributed by atoms with Crippen molar-refractivity contribution in [3.05, 3.63) is 36.4 Å². The Morgan fingerprint density at radius 2 is 1.71 bits per heavy atom. The molecule has 0 heterocycles. The van der Waals surface area contributed by atoms with Gasteiger partial charge in [-0.1, -0.05) is 6.07 Å². The first-order chi connectivity index (χ1) is 10.0. The molecule has 0 saturated carbocycles. The van der Waals surface area contributed by atoms with Crippen molar-refractivity contribution in [2.75, 3.05) is 35.7 Å². The van der Waals surface area contributed by atoms with E-state index in [1.807, 2.05) is 0 Å². The monoisotopic (exact) mass is 288 g/mol. The number of hydrogen-bond donors (Lipinski definition) is 6. The molecule has 0 aliphatic rings. The largest absolute Gasteiger partial charge is 0.399 e. The third-order valence-corrected chi connectivity index (χ3v) is 3.18. The van der Waals surface area contributed by atoms with Gasteiger partial charge in [-0.05, 0) is 30.3 Å². The smallest absolute Gasteiger partial charge is 0.0942 e. The Morgan fingerprint density at radius 3 is 2.33 bits per heavy atom. The summed E-state index contributed by atoms with van der Waals surface area (Å²) in [5, 5.41) is 21.4. The van der Waals surface area contributed by atoms with Gasteiger partial charge in [-0.15, -0.1) is 0 Å². The minimum Gasteiger partial charge on any atom is -0.399 e. The van der Waals surface area contributed by atoms with Crippen LogP contribution in [0.1, 0.15) is 0 Å². The molecule has 0 aliphatic heterocycles. The summed E-state index contributed by atoms with van der Waals surface area (Å²) in [4.78, 5) is 0. The minimum absolute atomic E-state index is 0.208. The van der Waals surface area contributed by atoms with E-state index in [1.165, 1.54) is 0 Å². The van der Waals surface area contributed by atoms with E-state index in [4.69, 9.17) is 22.3 Å². The third-order valence-electron chi connectivity index (χ3n) is 3.18. The van der Waals surface area contributed by atoms with Crippen molar-refractivity contribution in [3.63, 3.8) is 0 Å². The van der Waals surface area contributed by atoms with Crippen LogP contribution in [-0.2, 0) is 0 Å². The number of rotatable bonds is 5. The Kier molecular flexibility index (Phi) is 4.52. The Labute approximate surface area is 123 Å². The summed E-state index contributed by atoms with van der Waals surface area (Å²) < 4.78 is 0. The highest BCUT2D eigenvalue weighted by atomic mass is 16.3. The van der Waals surface area contributed by atoms with E-state index in [-0.39, 0.29) is 13.2 Å². The number of aliphatic hydroxyl groups excluding tert-OH is 2. The van der Waals surface area contributed by atoms with Crippen LogP contribution in [0.3, 0.4) is 0 Å². The van der Waals surface area contributed by atoms with E-state index in [0.717, 1.165) is 11.3 Å². The highest BCUT2D eigenvalue weighted by Gasteiger charge is 2.13. The van der Waals surface area contributed by atoms with E-state index in [1.54, 1.807) is 36.4 Å². The number of nitrogens with one attached hydrogen (secondary N) is 1. The molecule has 112 valence electrons. The molecule has 0 amide bonds. The lowest BCUT2D eigenvalue weighted by molar-refractivity contribution is 0.105. The van der Waals surface area contributed by atoms with Gasteiger partial charge in [-0.25, -0.2) is 0 Å². The Morgan fingerprint density at radius 1 is 1.05 bits per heavy atom. The highest BCUT2D eigenvalue weighted by molar-refractivity contribution is 5.93. The van der Waals surface area contributed by atoms with Crippen molar-refractivity contribution in [2.45, 2.75) is 6.10 Å². The number of benzene rings is 2. The fourth-order valence-corrected chi connectivity index (χ4v) is 2.11. The first kappa shape index (κ1) is 15.0. The van der Waals surface area contributed by atoms with Crippen LogP contribution in [0.25, 0.3) is 11.1 Å². The standard InChI is InChI=1S/C15H20N4O2/c16-9-4-5-14(19-7-10(21)8-20)11(6-9)15-12(17)2-1-3-13(15)18/h1-6,10,19-21H,7-8,16-18H2. The van der Waals surface area contributed by atoms with Crippen LogP contribution in [0, 0.1) is 0 Å². The van der Waals surface area contributed by atoms with Gasteiger partial charge in [0.2, 0.25) is 0 Å². The quantitative estimate of drug-likeness (QED) is 0.453. The molecule has 9 N–H and O–H groups in total. The minimum atomic E-state index is -0.846. The molecule has 2 rings (SSSR count). The summed E-state index contributed by atoms with van der Waals surface area (Å²) in [7, 11) is 0. The van der Waals surface area contributed by atoms with Crippen molar-refractivity contribution in [1.82, 2.24) is 0 Å². The van der Waals surface area contributed by atoms with Crippen LogP contribution >= 0.6 is 0 Å². The number of anilines is 4. The summed E-state index contributed by atoms with van der Waals surface area (Å²) in [6.45, 7) is -0.104. The fourth-order valence-electron chi connectivity index (χ4n) is 2.11. The van der Waals surface area contributed by atoms with Gasteiger partial charge < -0.3 is 32.7 Å². The maximum Gasteiger partial charge on any atom is 0.0942 e. The third kappa shape index (κ3) is 3.36. The summed E-state index contributed by atoms with van der Waals surface area (Å²) in [5.74, 6) is 0. The van der Waals surface area contributed by atoms with Crippen LogP contribution < -0.4 is 22.5 Å². The first-order valence-corrected chi connectivity index (χ1v) is 6.59. The zero-order valence-electron chi connectivity index (χ0n) is 11.6. The lowest BCUT2D eigenvalue weighted by Crippen LogP contribution is -2.23. The van der Waals surface area contributed by atoms with Gasteiger partial charge in [0, 0.05) is 40.4 Å². The molecular formula is C15H20N4O2. The molecule has 1 unspecified atom stereocenters. The second-order valence-corrected chi connectivity index (χ2v) is 4.83. The predicted octanol–water partition coefficient (Wildman–Crippen LogP) is 0.865. The Bertz CT molecular complexity index is 611. The van der Waals surface area contributed by atoms with Crippen molar-refractivity contribution < 1.29 is 10.2 Å². The molecule has 6 nitrogen and oxygen atoms in total. The number of hydrogen-bond acceptors (Lipinski definition) is 6. The summed E-state index contributed by atoms with van der Waals surface area (Å²) in [6, 6.07) is 10.6. The normalized spacial score (nSPS) is 12.1. The van der Waals surface area contributed by atoms with Crippen LogP contribution in [0.5, 0.6) is 0 Å². The molecule has 0 fully saturated rings. The van der Waals surface area contributed by atoms with E-state index >= 15 is 0 Å². The van der Waals surface area contributed by atoms with Gasteiger partial charge in [0.05, 0.1) is 12.7 Å². The van der Waals surface area contributed by atoms with E-state index in [9.17, 15) is 5.11 Å². The van der Waals surface area contributed by atoms with Gasteiger partial charge in [0.1, 0.15) is 0 Å². The topological polar surface area (TPSA) is 131 Å². The second kappa shape index (κ2) is 6.34. The Hall–Kier alpha value is -2.44. The molecule has 1 atom stereocenters. The van der Waals surface area contributed by atoms with Gasteiger partial charge in [-0.3, -0.25) is 0 Å². The average Bonchev–Trinajstić information content (AvgIpc) is 2.46. The number of aliphatic hydroxyl groups is 2. The Balaban J connectivity index is 2.44. The van der Waals surface area contributed by atoms with Crippen LogP contribution in [0.15, 0.2) is 36.4 Å². The molecule has 0 aliphatic carbocycles. The fraction of sp³-hybridized carbons (Fsp3) is 0.200. The maximum atomic E-state index is 9.46. The van der Waals surface area contributed by atoms with Crippen molar-refractivity contribution in [1.29, 1.82) is 0 Å². The first-order valence-electron chi connectivity index (χ1n) is 6.59. The summed E-state index contributed by atoms with van der Waals surface area (Å²) >= 11 is 0. The van der Waals surface area contributed by atoms with Crippen molar-refractivity contribution in [2.24, 2.45) is 0 Å². The highest BCUT2D eigenvalue weighted by Crippen LogP contribution is 2.37. The van der Waals surface area contributed by atoms with Crippen LogP contribution in [0.2, 0.25) is 0 Å². The molecule has 0 spiro atoms. The SMILES string of the molecule is Nc1ccc(NCC(O)CO)c(-c2c(N)cccc2N)c1. The van der Waals surface area contributed by atoms with Crippen molar-refractivity contribution in [3.8, 4) is 11.1 Å². The summed E-state index contributed by atoms with van der Waals surface area (Å²) in [5.41, 5.74) is 21.8. The predicted molar refractivity (Wildman–Crippen MR) is 86.7 cm³/mol. The molecule has 0 bridgehead atoms. The van der Waals surface area contributed by atoms with Crippen molar-refractivity contribution >= 4 is 22.7 Å². The molecule has 21 heavy (non-hydrogen) atoms. The van der Waals surface area contributed by atoms with Gasteiger partial charge in [0.25, 0.3) is 0 Å². The molecule has 0 saturated heterocycles. The zero-order chi connectivity index (χ0) is 15.4. The summed E-state index contributed by atoms with van der Waals surface area (Å²) in [6.07, 6.45) is -0.846. The number of nitrogens with two attached hydrogens (primary N) is 3. The lowest BCUT2D eigenvalue weighted by atomic mass is 9.99. The zero-order valence-corrected chi connectivity index (χ0v) is 11.6. The van der Waals surface area contributed by atoms with Gasteiger partial charge in [-0.2, -0.15) is 0 Å². The van der Waals surface area contributed by atoms with E-state index < -0.39 is 6.10 Å². The second-order valence-electron chi connectivity index (χ2n) is 4.83. The molecule has 6 heteroatoms. The van der Waals surface area contributed by atoms with Gasteiger partial charge in [0.15, 0.2) is 0 Å². The van der Waals surface area contributed by atoms with E-state index in [2.05, 4.69) is 5.32 Å². The van der Waals surface area contributed by atoms with E-state index in [0.29, 0.717) is 22.6 Å². The van der Waals surface area contributed by atoms with Gasteiger partial charge >= 0.3 is 0 Å². The lowest BCUT2D eigenvalue weighted by Gasteiger charge is -2.17. The van der Waals surface area contributed by atoms with Crippen LogP contribution in [0.4, 0.5) is 22.7 Å². The molecule has 2 aromatic rings. The molecular weight excluding hydrogens is 268 g/mol. The molecule has 2 aromatic carbocycles.